The van der Waals surface area contributed by atoms with Crippen LogP contribution >= 0.6 is 0 Å². The molecule has 4 N–H and O–H groups in total. The second-order valence-corrected chi connectivity index (χ2v) is 10.7. The van der Waals surface area contributed by atoms with Gasteiger partial charge in [-0.1, -0.05) is 60.7 Å². The Morgan fingerprint density at radius 2 is 1.44 bits per heavy atom. The monoisotopic (exact) mass is 559 g/mol. The van der Waals surface area contributed by atoms with Gasteiger partial charge in [0.15, 0.2) is 0 Å². The summed E-state index contributed by atoms with van der Waals surface area (Å²) in [6.07, 6.45) is -1.34. The Morgan fingerprint density at radius 1 is 0.854 bits per heavy atom. The predicted octanol–water partition coefficient (Wildman–Crippen LogP) is 4.68. The van der Waals surface area contributed by atoms with Gasteiger partial charge in [0.25, 0.3) is 0 Å². The number of anilines is 1. The van der Waals surface area contributed by atoms with E-state index in [1.807, 2.05) is 36.4 Å². The minimum atomic E-state index is -1.21. The summed E-state index contributed by atoms with van der Waals surface area (Å²) in [5, 5.41) is 16.4. The lowest BCUT2D eigenvalue weighted by molar-refractivity contribution is -0.138. The van der Waals surface area contributed by atoms with Crippen LogP contribution in [0, 0.1) is 0 Å². The Morgan fingerprint density at radius 3 is 2.00 bits per heavy atom. The number of nitrogens with one attached hydrogen (secondary N) is 3. The second-order valence-electron chi connectivity index (χ2n) is 10.7. The van der Waals surface area contributed by atoms with E-state index >= 15 is 0 Å². The number of carbonyl (C=O) groups is 4. The minimum absolute atomic E-state index is 0.0581. The van der Waals surface area contributed by atoms with E-state index in [2.05, 4.69) is 28.1 Å². The van der Waals surface area contributed by atoms with Crippen molar-refractivity contribution in [2.24, 2.45) is 0 Å². The Labute approximate surface area is 238 Å². The molecular formula is C31H33N3O7. The maximum absolute atomic E-state index is 12.6. The first-order valence-electron chi connectivity index (χ1n) is 13.2. The molecule has 1 unspecified atom stereocenters. The van der Waals surface area contributed by atoms with E-state index in [1.54, 1.807) is 45.0 Å². The van der Waals surface area contributed by atoms with Gasteiger partial charge in [0, 0.05) is 18.0 Å². The molecule has 1 aliphatic carbocycles. The Hall–Kier alpha value is -4.86. The highest BCUT2D eigenvalue weighted by atomic mass is 16.6. The normalized spacial score (nSPS) is 12.9. The van der Waals surface area contributed by atoms with Crippen LogP contribution in [0.25, 0.3) is 11.1 Å². The predicted molar refractivity (Wildman–Crippen MR) is 153 cm³/mol. The van der Waals surface area contributed by atoms with Crippen molar-refractivity contribution in [1.29, 1.82) is 0 Å². The fraction of sp³-hybridized carbons (Fsp3) is 0.290. The number of rotatable bonds is 9. The molecule has 3 aromatic rings. The fourth-order valence-electron chi connectivity index (χ4n) is 4.66. The molecule has 0 bridgehead atoms. The third kappa shape index (κ3) is 7.84. The number of benzene rings is 3. The Bertz CT molecular complexity index is 1380. The lowest BCUT2D eigenvalue weighted by Gasteiger charge is -2.23. The first-order chi connectivity index (χ1) is 19.5. The average Bonchev–Trinajstić information content (AvgIpc) is 3.24. The number of hydrogen-bond acceptors (Lipinski definition) is 6. The van der Waals surface area contributed by atoms with Crippen molar-refractivity contribution in [1.82, 2.24) is 10.6 Å². The van der Waals surface area contributed by atoms with Crippen LogP contribution in [-0.2, 0) is 25.5 Å². The molecule has 0 spiro atoms. The van der Waals surface area contributed by atoms with E-state index in [0.717, 1.165) is 22.3 Å². The quantitative estimate of drug-likeness (QED) is 0.298. The van der Waals surface area contributed by atoms with E-state index in [1.165, 1.54) is 0 Å². The molecule has 0 aliphatic heterocycles. The van der Waals surface area contributed by atoms with Gasteiger partial charge in [0.2, 0.25) is 5.91 Å². The van der Waals surface area contributed by atoms with Crippen LogP contribution < -0.4 is 16.0 Å². The SMILES string of the molecule is CC(C)(C)OC(=O)NC(Cc1ccc(NC(=O)OCC2c3ccccc3-c3ccccc32)cc1)C(=O)NCC(=O)O. The molecule has 214 valence electrons. The molecule has 0 saturated heterocycles. The van der Waals surface area contributed by atoms with Crippen LogP contribution in [0.3, 0.4) is 0 Å². The number of carboxylic acids is 1. The van der Waals surface area contributed by atoms with Crippen molar-refractivity contribution < 1.29 is 33.8 Å². The molecule has 0 radical (unpaired) electrons. The van der Waals surface area contributed by atoms with Crippen molar-refractivity contribution in [3.63, 3.8) is 0 Å². The molecule has 0 saturated carbocycles. The van der Waals surface area contributed by atoms with Gasteiger partial charge in [-0.2, -0.15) is 0 Å². The maximum Gasteiger partial charge on any atom is 0.411 e. The molecule has 10 nitrogen and oxygen atoms in total. The van der Waals surface area contributed by atoms with Crippen molar-refractivity contribution in [3.8, 4) is 11.1 Å². The molecular weight excluding hydrogens is 526 g/mol. The number of ether oxygens (including phenoxy) is 2. The average molecular weight is 560 g/mol. The van der Waals surface area contributed by atoms with Gasteiger partial charge in [-0.05, 0) is 60.7 Å². The zero-order valence-electron chi connectivity index (χ0n) is 23.1. The van der Waals surface area contributed by atoms with Gasteiger partial charge in [0.05, 0.1) is 0 Å². The lowest BCUT2D eigenvalue weighted by atomic mass is 9.98. The Balaban J connectivity index is 1.35. The summed E-state index contributed by atoms with van der Waals surface area (Å²) in [4.78, 5) is 48.4. The topological polar surface area (TPSA) is 143 Å². The van der Waals surface area contributed by atoms with E-state index < -0.39 is 42.3 Å². The largest absolute Gasteiger partial charge is 0.480 e. The molecule has 41 heavy (non-hydrogen) atoms. The van der Waals surface area contributed by atoms with E-state index in [0.29, 0.717) is 11.3 Å². The third-order valence-corrected chi connectivity index (χ3v) is 6.41. The highest BCUT2D eigenvalue weighted by Crippen LogP contribution is 2.44. The van der Waals surface area contributed by atoms with Gasteiger partial charge in [0.1, 0.15) is 24.8 Å². The van der Waals surface area contributed by atoms with Crippen LogP contribution in [-0.4, -0.2) is 54.0 Å². The number of alkyl carbamates (subject to hydrolysis) is 1. The maximum atomic E-state index is 12.6. The molecule has 1 atom stereocenters. The number of amides is 3. The Kier molecular flexibility index (Phi) is 8.91. The molecule has 3 aromatic carbocycles. The first-order valence-corrected chi connectivity index (χ1v) is 13.2. The second kappa shape index (κ2) is 12.5. The number of hydrogen-bond donors (Lipinski definition) is 4. The van der Waals surface area contributed by atoms with Gasteiger partial charge in [-0.25, -0.2) is 9.59 Å². The molecule has 1 aliphatic rings. The van der Waals surface area contributed by atoms with E-state index in [4.69, 9.17) is 14.6 Å². The molecule has 0 fully saturated rings. The number of fused-ring (bicyclic) bond motifs is 3. The van der Waals surface area contributed by atoms with Crippen molar-refractivity contribution in [3.05, 3.63) is 89.5 Å². The summed E-state index contributed by atoms with van der Waals surface area (Å²) in [6.45, 7) is 4.66. The van der Waals surface area contributed by atoms with Crippen LogP contribution in [0.4, 0.5) is 15.3 Å². The summed E-state index contributed by atoms with van der Waals surface area (Å²) in [5.41, 5.74) is 4.89. The summed E-state index contributed by atoms with van der Waals surface area (Å²) < 4.78 is 10.8. The van der Waals surface area contributed by atoms with Crippen LogP contribution in [0.2, 0.25) is 0 Å². The first kappa shape index (κ1) is 29.1. The zero-order valence-corrected chi connectivity index (χ0v) is 23.1. The molecule has 10 heteroatoms. The highest BCUT2D eigenvalue weighted by molar-refractivity contribution is 5.88. The third-order valence-electron chi connectivity index (χ3n) is 6.41. The van der Waals surface area contributed by atoms with E-state index in [9.17, 15) is 19.2 Å². The van der Waals surface area contributed by atoms with Crippen molar-refractivity contribution >= 4 is 29.8 Å². The highest BCUT2D eigenvalue weighted by Gasteiger charge is 2.29. The molecule has 3 amide bonds. The van der Waals surface area contributed by atoms with Gasteiger partial charge in [-0.3, -0.25) is 14.9 Å². The molecule has 0 heterocycles. The van der Waals surface area contributed by atoms with Gasteiger partial charge in [-0.15, -0.1) is 0 Å². The fourth-order valence-corrected chi connectivity index (χ4v) is 4.66. The summed E-state index contributed by atoms with van der Waals surface area (Å²) >= 11 is 0. The summed E-state index contributed by atoms with van der Waals surface area (Å²) in [5.74, 6) is -1.94. The number of aliphatic carboxylic acids is 1. The number of carbonyl (C=O) groups excluding carboxylic acids is 3. The summed E-state index contributed by atoms with van der Waals surface area (Å²) in [7, 11) is 0. The van der Waals surface area contributed by atoms with Crippen LogP contribution in [0.5, 0.6) is 0 Å². The smallest absolute Gasteiger partial charge is 0.411 e. The van der Waals surface area contributed by atoms with Crippen LogP contribution in [0.1, 0.15) is 43.4 Å². The van der Waals surface area contributed by atoms with Crippen molar-refractivity contribution in [2.75, 3.05) is 18.5 Å². The lowest BCUT2D eigenvalue weighted by Crippen LogP contribution is -2.50. The molecule has 4 rings (SSSR count). The number of carboxylic acid groups (broad SMARTS) is 1. The van der Waals surface area contributed by atoms with Gasteiger partial charge < -0.3 is 25.2 Å². The van der Waals surface area contributed by atoms with Gasteiger partial charge >= 0.3 is 18.2 Å². The molecule has 0 aromatic heterocycles. The van der Waals surface area contributed by atoms with E-state index in [-0.39, 0.29) is 18.9 Å². The summed E-state index contributed by atoms with van der Waals surface area (Å²) in [6, 6.07) is 21.8. The zero-order chi connectivity index (χ0) is 29.6. The standard InChI is InChI=1S/C31H33N3O7/c1-31(2,3)41-30(39)34-26(28(37)32-17-27(35)36)16-19-12-14-20(15-13-19)33-29(38)40-18-25-23-10-6-4-8-21(23)22-9-5-7-11-24(22)25/h4-15,25-26H,16-18H2,1-3H3,(H,32,37)(H,33,38)(H,34,39)(H,35,36). The van der Waals surface area contributed by atoms with Crippen LogP contribution in [0.15, 0.2) is 72.8 Å². The minimum Gasteiger partial charge on any atom is -0.480 e. The van der Waals surface area contributed by atoms with Crippen molar-refractivity contribution in [2.45, 2.75) is 44.8 Å².